The van der Waals surface area contributed by atoms with E-state index in [-0.39, 0.29) is 12.2 Å². The summed E-state index contributed by atoms with van der Waals surface area (Å²) in [5, 5.41) is 13.7. The third-order valence-corrected chi connectivity index (χ3v) is 2.05. The Kier molecular flexibility index (Phi) is 4.45. The Morgan fingerprint density at radius 1 is 1.41 bits per heavy atom. The maximum absolute atomic E-state index is 13.2. The van der Waals surface area contributed by atoms with E-state index < -0.39 is 23.7 Å². The molecule has 3 N–H and O–H groups in total. The molecular formula is C11H13FN2O3. The first kappa shape index (κ1) is 13.0. The van der Waals surface area contributed by atoms with Gasteiger partial charge in [0.05, 0.1) is 5.69 Å². The van der Waals surface area contributed by atoms with E-state index in [9.17, 15) is 14.0 Å². The van der Waals surface area contributed by atoms with Crippen LogP contribution < -0.4 is 10.6 Å². The Labute approximate surface area is 97.6 Å². The molecule has 0 bridgehead atoms. The van der Waals surface area contributed by atoms with Gasteiger partial charge in [0.2, 0.25) is 5.91 Å². The number of benzene rings is 1. The molecule has 0 aliphatic heterocycles. The quantitative estimate of drug-likeness (QED) is 0.712. The number of rotatable bonds is 5. The fourth-order valence-electron chi connectivity index (χ4n) is 1.26. The van der Waals surface area contributed by atoms with E-state index in [0.717, 1.165) is 0 Å². The van der Waals surface area contributed by atoms with Crippen LogP contribution in [0.5, 0.6) is 0 Å². The molecular weight excluding hydrogens is 227 g/mol. The fourth-order valence-corrected chi connectivity index (χ4v) is 1.26. The highest BCUT2D eigenvalue weighted by atomic mass is 19.1. The molecule has 0 aliphatic rings. The molecule has 1 aromatic rings. The van der Waals surface area contributed by atoms with Gasteiger partial charge in [0, 0.05) is 13.5 Å². The smallest absolute Gasteiger partial charge is 0.328 e. The number of nitrogens with one attached hydrogen (secondary N) is 2. The van der Waals surface area contributed by atoms with Gasteiger partial charge in [-0.05, 0) is 12.1 Å². The second kappa shape index (κ2) is 5.83. The monoisotopic (exact) mass is 240 g/mol. The number of anilines is 1. The Hall–Kier alpha value is -2.11. The minimum Gasteiger partial charge on any atom is -0.480 e. The lowest BCUT2D eigenvalue weighted by Gasteiger charge is -2.15. The number of para-hydroxylation sites is 1. The first-order valence-electron chi connectivity index (χ1n) is 4.99. The number of carbonyl (C=O) groups excluding carboxylic acids is 1. The van der Waals surface area contributed by atoms with E-state index in [1.807, 2.05) is 0 Å². The van der Waals surface area contributed by atoms with E-state index in [2.05, 4.69) is 10.6 Å². The van der Waals surface area contributed by atoms with Gasteiger partial charge in [-0.25, -0.2) is 9.18 Å². The van der Waals surface area contributed by atoms with Crippen molar-refractivity contribution in [2.45, 2.75) is 13.0 Å². The highest BCUT2D eigenvalue weighted by Crippen LogP contribution is 2.11. The number of amides is 1. The molecule has 0 aliphatic carbocycles. The van der Waals surface area contributed by atoms with Crippen molar-refractivity contribution >= 4 is 17.6 Å². The molecule has 0 radical (unpaired) electrons. The first-order chi connectivity index (χ1) is 8.00. The van der Waals surface area contributed by atoms with E-state index in [1.54, 1.807) is 6.07 Å². The van der Waals surface area contributed by atoms with Crippen LogP contribution in [0.4, 0.5) is 10.1 Å². The Bertz CT molecular complexity index is 423. The van der Waals surface area contributed by atoms with Crippen LogP contribution in [-0.2, 0) is 9.59 Å². The van der Waals surface area contributed by atoms with E-state index in [0.29, 0.717) is 0 Å². The summed E-state index contributed by atoms with van der Waals surface area (Å²) in [4.78, 5) is 21.6. The summed E-state index contributed by atoms with van der Waals surface area (Å²) < 4.78 is 13.2. The van der Waals surface area contributed by atoms with E-state index in [4.69, 9.17) is 5.11 Å². The third kappa shape index (κ3) is 4.10. The largest absolute Gasteiger partial charge is 0.480 e. The summed E-state index contributed by atoms with van der Waals surface area (Å²) >= 11 is 0. The SMILES string of the molecule is CC(=O)NC(CNc1ccccc1F)C(=O)O. The zero-order valence-electron chi connectivity index (χ0n) is 9.24. The van der Waals surface area contributed by atoms with Gasteiger partial charge in [-0.15, -0.1) is 0 Å². The van der Waals surface area contributed by atoms with Crippen molar-refractivity contribution < 1.29 is 19.1 Å². The summed E-state index contributed by atoms with van der Waals surface area (Å²) in [5.74, 6) is -2.10. The summed E-state index contributed by atoms with van der Waals surface area (Å²) in [5.41, 5.74) is 0.198. The van der Waals surface area contributed by atoms with Crippen molar-refractivity contribution in [1.29, 1.82) is 0 Å². The predicted molar refractivity (Wildman–Crippen MR) is 60.1 cm³/mol. The fraction of sp³-hybridized carbons (Fsp3) is 0.273. The van der Waals surface area contributed by atoms with Crippen LogP contribution in [0.25, 0.3) is 0 Å². The van der Waals surface area contributed by atoms with Crippen LogP contribution in [0.3, 0.4) is 0 Å². The molecule has 6 heteroatoms. The van der Waals surface area contributed by atoms with Crippen LogP contribution in [0.15, 0.2) is 24.3 Å². The molecule has 0 saturated carbocycles. The van der Waals surface area contributed by atoms with Gasteiger partial charge in [0.1, 0.15) is 11.9 Å². The first-order valence-corrected chi connectivity index (χ1v) is 4.99. The summed E-state index contributed by atoms with van der Waals surface area (Å²) in [7, 11) is 0. The highest BCUT2D eigenvalue weighted by Gasteiger charge is 2.18. The number of carboxylic acid groups (broad SMARTS) is 1. The van der Waals surface area contributed by atoms with Gasteiger partial charge in [0.15, 0.2) is 0 Å². The molecule has 0 aromatic heterocycles. The van der Waals surface area contributed by atoms with Crippen molar-refractivity contribution in [3.8, 4) is 0 Å². The van der Waals surface area contributed by atoms with Crippen LogP contribution in [0, 0.1) is 5.82 Å². The Morgan fingerprint density at radius 3 is 2.59 bits per heavy atom. The number of hydrogen-bond donors (Lipinski definition) is 3. The van der Waals surface area contributed by atoms with Gasteiger partial charge in [-0.3, -0.25) is 4.79 Å². The lowest BCUT2D eigenvalue weighted by molar-refractivity contribution is -0.141. The molecule has 0 heterocycles. The minimum atomic E-state index is -1.18. The lowest BCUT2D eigenvalue weighted by atomic mass is 10.2. The maximum atomic E-state index is 13.2. The average molecular weight is 240 g/mol. The van der Waals surface area contributed by atoms with Gasteiger partial charge in [-0.2, -0.15) is 0 Å². The van der Waals surface area contributed by atoms with Crippen molar-refractivity contribution in [3.05, 3.63) is 30.1 Å². The molecule has 92 valence electrons. The molecule has 1 amide bonds. The third-order valence-electron chi connectivity index (χ3n) is 2.05. The van der Waals surface area contributed by atoms with Crippen molar-refractivity contribution in [3.63, 3.8) is 0 Å². The molecule has 1 atom stereocenters. The van der Waals surface area contributed by atoms with Gasteiger partial charge in [-0.1, -0.05) is 12.1 Å². The zero-order valence-corrected chi connectivity index (χ0v) is 9.24. The van der Waals surface area contributed by atoms with Crippen LogP contribution >= 0.6 is 0 Å². The van der Waals surface area contributed by atoms with Crippen LogP contribution in [0.2, 0.25) is 0 Å². The number of hydrogen-bond acceptors (Lipinski definition) is 3. The normalized spacial score (nSPS) is 11.6. The number of halogens is 1. The summed E-state index contributed by atoms with van der Waals surface area (Å²) in [6.45, 7) is 1.13. The minimum absolute atomic E-state index is 0.0875. The summed E-state index contributed by atoms with van der Waals surface area (Å²) in [6, 6.07) is 4.81. The second-order valence-corrected chi connectivity index (χ2v) is 3.45. The van der Waals surface area contributed by atoms with E-state index in [1.165, 1.54) is 25.1 Å². The van der Waals surface area contributed by atoms with Gasteiger partial charge < -0.3 is 15.7 Å². The maximum Gasteiger partial charge on any atom is 0.328 e. The molecule has 1 aromatic carbocycles. The lowest BCUT2D eigenvalue weighted by Crippen LogP contribution is -2.44. The second-order valence-electron chi connectivity index (χ2n) is 3.45. The average Bonchev–Trinajstić information content (AvgIpc) is 2.25. The van der Waals surface area contributed by atoms with Gasteiger partial charge >= 0.3 is 5.97 Å². The number of carboxylic acids is 1. The highest BCUT2D eigenvalue weighted by molar-refractivity contribution is 5.82. The molecule has 5 nitrogen and oxygen atoms in total. The zero-order chi connectivity index (χ0) is 12.8. The van der Waals surface area contributed by atoms with Crippen molar-refractivity contribution in [1.82, 2.24) is 5.32 Å². The van der Waals surface area contributed by atoms with Crippen LogP contribution in [-0.4, -0.2) is 29.6 Å². The predicted octanol–water partition coefficient (Wildman–Crippen LogP) is 0.827. The molecule has 1 rings (SSSR count). The summed E-state index contributed by atoms with van der Waals surface area (Å²) in [6.07, 6.45) is 0. The molecule has 1 unspecified atom stereocenters. The molecule has 17 heavy (non-hydrogen) atoms. The number of aliphatic carboxylic acids is 1. The molecule has 0 spiro atoms. The van der Waals surface area contributed by atoms with E-state index >= 15 is 0 Å². The Morgan fingerprint density at radius 2 is 2.06 bits per heavy atom. The number of carbonyl (C=O) groups is 2. The standard InChI is InChI=1S/C11H13FN2O3/c1-7(15)14-10(11(16)17)6-13-9-5-3-2-4-8(9)12/h2-5,10,13H,6H2,1H3,(H,14,15)(H,16,17). The van der Waals surface area contributed by atoms with Crippen LogP contribution in [0.1, 0.15) is 6.92 Å². The van der Waals surface area contributed by atoms with Gasteiger partial charge in [0.25, 0.3) is 0 Å². The van der Waals surface area contributed by atoms with Crippen molar-refractivity contribution in [2.75, 3.05) is 11.9 Å². The molecule has 0 fully saturated rings. The Balaban J connectivity index is 2.61. The molecule has 0 saturated heterocycles. The topological polar surface area (TPSA) is 78.4 Å². The van der Waals surface area contributed by atoms with Crippen molar-refractivity contribution in [2.24, 2.45) is 0 Å².